The summed E-state index contributed by atoms with van der Waals surface area (Å²) in [4.78, 5) is 11.9. The second-order valence-corrected chi connectivity index (χ2v) is 5.03. The third-order valence-corrected chi connectivity index (χ3v) is 3.37. The van der Waals surface area contributed by atoms with E-state index in [1.807, 2.05) is 18.2 Å². The van der Waals surface area contributed by atoms with Crippen LogP contribution in [0, 0.1) is 0 Å². The maximum absolute atomic E-state index is 11.9. The van der Waals surface area contributed by atoms with E-state index in [4.69, 9.17) is 9.47 Å². The molecule has 1 unspecified atom stereocenters. The molecule has 1 aromatic rings. The molecule has 0 saturated carbocycles. The number of ether oxygens (including phenoxy) is 2. The molecule has 0 radical (unpaired) electrons. The lowest BCUT2D eigenvalue weighted by Gasteiger charge is -2.23. The Kier molecular flexibility index (Phi) is 4.91. The van der Waals surface area contributed by atoms with Gasteiger partial charge in [-0.3, -0.25) is 0 Å². The normalized spacial score (nSPS) is 13.2. The molecule has 100 valence electrons. The van der Waals surface area contributed by atoms with Crippen LogP contribution in [0.2, 0.25) is 0 Å². The summed E-state index contributed by atoms with van der Waals surface area (Å²) < 4.78 is 10.0. The van der Waals surface area contributed by atoms with Crippen molar-refractivity contribution >= 4 is 5.97 Å². The first-order valence-corrected chi connectivity index (χ1v) is 6.25. The molecule has 0 aromatic heterocycles. The molecule has 0 N–H and O–H groups in total. The summed E-state index contributed by atoms with van der Waals surface area (Å²) in [7, 11) is 1.51. The van der Waals surface area contributed by atoms with Gasteiger partial charge in [-0.2, -0.15) is 0 Å². The molecule has 0 aliphatic carbocycles. The van der Waals surface area contributed by atoms with Crippen LogP contribution in [0.5, 0.6) is 0 Å². The van der Waals surface area contributed by atoms with Crippen molar-refractivity contribution in [2.45, 2.75) is 45.8 Å². The summed E-state index contributed by atoms with van der Waals surface area (Å²) >= 11 is 0. The van der Waals surface area contributed by atoms with Gasteiger partial charge >= 0.3 is 5.97 Å². The van der Waals surface area contributed by atoms with Gasteiger partial charge in [0.2, 0.25) is 0 Å². The van der Waals surface area contributed by atoms with Crippen LogP contribution in [0.4, 0.5) is 0 Å². The number of hydrogen-bond acceptors (Lipinski definition) is 3. The monoisotopic (exact) mass is 250 g/mol. The van der Waals surface area contributed by atoms with Crippen molar-refractivity contribution < 1.29 is 14.3 Å². The van der Waals surface area contributed by atoms with Gasteiger partial charge in [-0.05, 0) is 36.5 Å². The van der Waals surface area contributed by atoms with Crippen molar-refractivity contribution in [1.29, 1.82) is 0 Å². The van der Waals surface area contributed by atoms with Crippen LogP contribution in [-0.4, -0.2) is 19.4 Å². The van der Waals surface area contributed by atoms with E-state index in [0.29, 0.717) is 5.56 Å². The summed E-state index contributed by atoms with van der Waals surface area (Å²) in [5, 5.41) is 0. The lowest BCUT2D eigenvalue weighted by atomic mass is 9.82. The van der Waals surface area contributed by atoms with Crippen molar-refractivity contribution in [1.82, 2.24) is 0 Å². The van der Waals surface area contributed by atoms with E-state index in [2.05, 4.69) is 20.8 Å². The summed E-state index contributed by atoms with van der Waals surface area (Å²) in [6, 6.07) is 7.59. The molecule has 0 bridgehead atoms. The summed E-state index contributed by atoms with van der Waals surface area (Å²) in [5.41, 5.74) is 1.77. The van der Waals surface area contributed by atoms with Crippen LogP contribution in [0.25, 0.3) is 0 Å². The van der Waals surface area contributed by atoms with Gasteiger partial charge in [0.1, 0.15) is 0 Å². The standard InChI is InChI=1S/C15H22O3/c1-6-15(3,4)13-9-7-8-12(10-13)14(16)18-11(2)17-5/h7-11H,6H2,1-5H3. The van der Waals surface area contributed by atoms with Crippen molar-refractivity contribution in [2.75, 3.05) is 7.11 Å². The highest BCUT2D eigenvalue weighted by Crippen LogP contribution is 2.27. The first-order valence-electron chi connectivity index (χ1n) is 6.25. The molecule has 1 atom stereocenters. The number of esters is 1. The highest BCUT2D eigenvalue weighted by atomic mass is 16.7. The molecule has 0 aliphatic rings. The van der Waals surface area contributed by atoms with Gasteiger partial charge in [-0.1, -0.05) is 32.9 Å². The Morgan fingerprint density at radius 1 is 1.39 bits per heavy atom. The zero-order valence-electron chi connectivity index (χ0n) is 11.8. The zero-order chi connectivity index (χ0) is 13.8. The van der Waals surface area contributed by atoms with Crippen LogP contribution in [-0.2, 0) is 14.9 Å². The van der Waals surface area contributed by atoms with E-state index in [9.17, 15) is 4.79 Å². The smallest absolute Gasteiger partial charge is 0.340 e. The fraction of sp³-hybridized carbons (Fsp3) is 0.533. The quantitative estimate of drug-likeness (QED) is 0.592. The fourth-order valence-electron chi connectivity index (χ4n) is 1.54. The number of benzene rings is 1. The average Bonchev–Trinajstić information content (AvgIpc) is 2.38. The zero-order valence-corrected chi connectivity index (χ0v) is 11.8. The van der Waals surface area contributed by atoms with E-state index in [-0.39, 0.29) is 11.4 Å². The lowest BCUT2D eigenvalue weighted by molar-refractivity contribution is -0.0773. The van der Waals surface area contributed by atoms with Crippen molar-refractivity contribution in [3.63, 3.8) is 0 Å². The molecule has 0 fully saturated rings. The molecule has 0 saturated heterocycles. The molecule has 0 amide bonds. The Hall–Kier alpha value is -1.35. The van der Waals surface area contributed by atoms with Gasteiger partial charge in [0.25, 0.3) is 0 Å². The topological polar surface area (TPSA) is 35.5 Å². The Morgan fingerprint density at radius 3 is 2.61 bits per heavy atom. The van der Waals surface area contributed by atoms with E-state index < -0.39 is 6.29 Å². The average molecular weight is 250 g/mol. The molecule has 18 heavy (non-hydrogen) atoms. The highest BCUT2D eigenvalue weighted by molar-refractivity contribution is 5.89. The fourth-order valence-corrected chi connectivity index (χ4v) is 1.54. The minimum absolute atomic E-state index is 0.0587. The van der Waals surface area contributed by atoms with Crippen LogP contribution in [0.15, 0.2) is 24.3 Å². The molecule has 1 rings (SSSR count). The Balaban J connectivity index is 2.92. The maximum Gasteiger partial charge on any atom is 0.340 e. The molecule has 1 aromatic carbocycles. The summed E-state index contributed by atoms with van der Waals surface area (Å²) in [6.07, 6.45) is 0.486. The third kappa shape index (κ3) is 3.57. The molecular weight excluding hydrogens is 228 g/mol. The Bertz CT molecular complexity index is 410. The van der Waals surface area contributed by atoms with Gasteiger partial charge in [-0.25, -0.2) is 4.79 Å². The molecule has 3 nitrogen and oxygen atoms in total. The predicted octanol–water partition coefficient (Wildman–Crippen LogP) is 3.52. The lowest BCUT2D eigenvalue weighted by Crippen LogP contribution is -2.19. The number of methoxy groups -OCH3 is 1. The van der Waals surface area contributed by atoms with Crippen LogP contribution in [0.3, 0.4) is 0 Å². The SMILES string of the molecule is CCC(C)(C)c1cccc(C(=O)OC(C)OC)c1. The van der Waals surface area contributed by atoms with Gasteiger partial charge in [-0.15, -0.1) is 0 Å². The number of rotatable bonds is 5. The summed E-state index contributed by atoms with van der Waals surface area (Å²) in [6.45, 7) is 8.15. The van der Waals surface area contributed by atoms with E-state index in [1.165, 1.54) is 7.11 Å². The predicted molar refractivity (Wildman–Crippen MR) is 71.6 cm³/mol. The maximum atomic E-state index is 11.9. The largest absolute Gasteiger partial charge is 0.432 e. The van der Waals surface area contributed by atoms with E-state index in [0.717, 1.165) is 12.0 Å². The molecule has 0 spiro atoms. The van der Waals surface area contributed by atoms with Crippen LogP contribution in [0.1, 0.15) is 50.0 Å². The second-order valence-electron chi connectivity index (χ2n) is 5.03. The van der Waals surface area contributed by atoms with E-state index in [1.54, 1.807) is 13.0 Å². The van der Waals surface area contributed by atoms with E-state index >= 15 is 0 Å². The minimum Gasteiger partial charge on any atom is -0.432 e. The number of carbonyl (C=O) groups is 1. The number of carbonyl (C=O) groups excluding carboxylic acids is 1. The second kappa shape index (κ2) is 6.01. The number of hydrogen-bond donors (Lipinski definition) is 0. The van der Waals surface area contributed by atoms with Crippen molar-refractivity contribution in [3.8, 4) is 0 Å². The third-order valence-electron chi connectivity index (χ3n) is 3.37. The van der Waals surface area contributed by atoms with Crippen molar-refractivity contribution in [3.05, 3.63) is 35.4 Å². The molecule has 0 heterocycles. The first-order chi connectivity index (χ1) is 8.40. The molecule has 0 aliphatic heterocycles. The molecular formula is C15H22O3. The van der Waals surface area contributed by atoms with Gasteiger partial charge < -0.3 is 9.47 Å². The first kappa shape index (κ1) is 14.7. The van der Waals surface area contributed by atoms with Crippen LogP contribution < -0.4 is 0 Å². The summed E-state index contributed by atoms with van der Waals surface area (Å²) in [5.74, 6) is -0.349. The van der Waals surface area contributed by atoms with Gasteiger partial charge in [0.15, 0.2) is 6.29 Å². The minimum atomic E-state index is -0.527. The Morgan fingerprint density at radius 2 is 2.06 bits per heavy atom. The highest BCUT2D eigenvalue weighted by Gasteiger charge is 2.20. The van der Waals surface area contributed by atoms with Gasteiger partial charge in [0, 0.05) is 7.11 Å². The van der Waals surface area contributed by atoms with Gasteiger partial charge in [0.05, 0.1) is 5.56 Å². The van der Waals surface area contributed by atoms with Crippen molar-refractivity contribution in [2.24, 2.45) is 0 Å². The Labute approximate surface area is 109 Å². The molecule has 3 heteroatoms. The van der Waals surface area contributed by atoms with Crippen LogP contribution >= 0.6 is 0 Å².